The molecule has 8 heteroatoms. The highest BCUT2D eigenvalue weighted by Gasteiger charge is 2.28. The van der Waals surface area contributed by atoms with Crippen molar-refractivity contribution in [1.29, 1.82) is 0 Å². The molecule has 3 heterocycles. The van der Waals surface area contributed by atoms with Crippen LogP contribution in [0.4, 0.5) is 5.13 Å². The van der Waals surface area contributed by atoms with Crippen LogP contribution in [0.5, 0.6) is 0 Å². The van der Waals surface area contributed by atoms with E-state index in [-0.39, 0.29) is 11.9 Å². The van der Waals surface area contributed by atoms with Crippen LogP contribution >= 0.6 is 38.9 Å². The molecule has 2 aromatic heterocycles. The predicted octanol–water partition coefficient (Wildman–Crippen LogP) is 5.54. The number of carbonyl (C=O) groups excluding carboxylic acids is 1. The van der Waals surface area contributed by atoms with Crippen molar-refractivity contribution in [3.63, 3.8) is 0 Å². The highest BCUT2D eigenvalue weighted by molar-refractivity contribution is 9.10. The zero-order chi connectivity index (χ0) is 19.5. The highest BCUT2D eigenvalue weighted by atomic mass is 79.9. The second kappa shape index (κ2) is 8.69. The van der Waals surface area contributed by atoms with Gasteiger partial charge in [0.25, 0.3) is 5.91 Å². The Bertz CT molecular complexity index is 961. The number of anilines is 1. The fourth-order valence-electron chi connectivity index (χ4n) is 3.35. The first kappa shape index (κ1) is 19.5. The maximum absolute atomic E-state index is 12.4. The van der Waals surface area contributed by atoms with E-state index in [0.717, 1.165) is 41.7 Å². The Kier molecular flexibility index (Phi) is 6.06. The van der Waals surface area contributed by atoms with E-state index in [1.807, 2.05) is 35.8 Å². The van der Waals surface area contributed by atoms with E-state index in [9.17, 15) is 4.79 Å². The summed E-state index contributed by atoms with van der Waals surface area (Å²) in [5, 5.41) is 6.08. The number of hydrogen-bond donors (Lipinski definition) is 1. The minimum Gasteiger partial charge on any atom is -0.298 e. The van der Waals surface area contributed by atoms with Gasteiger partial charge in [-0.25, -0.2) is 9.97 Å². The van der Waals surface area contributed by atoms with E-state index in [2.05, 4.69) is 36.1 Å². The Labute approximate surface area is 180 Å². The first-order valence-corrected chi connectivity index (χ1v) is 11.0. The van der Waals surface area contributed by atoms with Crippen LogP contribution in [0.15, 0.2) is 52.4 Å². The van der Waals surface area contributed by atoms with Crippen molar-refractivity contribution in [1.82, 2.24) is 14.9 Å². The molecule has 0 saturated carbocycles. The van der Waals surface area contributed by atoms with Crippen molar-refractivity contribution in [2.75, 3.05) is 11.9 Å². The molecule has 1 amide bonds. The molecule has 1 aliphatic rings. The number of likely N-dealkylation sites (tertiary alicyclic amines) is 1. The molecule has 0 radical (unpaired) electrons. The smallest absolute Gasteiger partial charge is 0.257 e. The van der Waals surface area contributed by atoms with Crippen LogP contribution in [0.25, 0.3) is 0 Å². The van der Waals surface area contributed by atoms with Crippen LogP contribution in [0.1, 0.15) is 40.5 Å². The molecule has 1 saturated heterocycles. The number of halogens is 2. The Morgan fingerprint density at radius 2 is 2.11 bits per heavy atom. The van der Waals surface area contributed by atoms with Gasteiger partial charge < -0.3 is 0 Å². The molecule has 1 atom stereocenters. The summed E-state index contributed by atoms with van der Waals surface area (Å²) in [6.45, 7) is 1.83. The molecule has 1 fully saturated rings. The summed E-state index contributed by atoms with van der Waals surface area (Å²) in [6.07, 6.45) is 4.01. The number of aromatic nitrogens is 2. The van der Waals surface area contributed by atoms with E-state index >= 15 is 0 Å². The third-order valence-corrected chi connectivity index (χ3v) is 6.26. The first-order chi connectivity index (χ1) is 13.6. The van der Waals surface area contributed by atoms with E-state index in [1.54, 1.807) is 12.1 Å². The van der Waals surface area contributed by atoms with Gasteiger partial charge in [0.15, 0.2) is 5.13 Å². The number of rotatable bonds is 5. The molecule has 28 heavy (non-hydrogen) atoms. The second-order valence-corrected chi connectivity index (χ2v) is 8.82. The number of amides is 1. The monoisotopic (exact) mass is 476 g/mol. The topological polar surface area (TPSA) is 58.1 Å². The second-order valence-electron chi connectivity index (χ2n) is 6.66. The molecule has 1 aromatic carbocycles. The van der Waals surface area contributed by atoms with Crippen molar-refractivity contribution < 1.29 is 4.79 Å². The third kappa shape index (κ3) is 4.60. The van der Waals surface area contributed by atoms with Gasteiger partial charge in [0.2, 0.25) is 0 Å². The number of carbonyl (C=O) groups is 1. The van der Waals surface area contributed by atoms with Crippen molar-refractivity contribution in [3.8, 4) is 0 Å². The minimum atomic E-state index is -0.149. The number of thiazole rings is 1. The maximum Gasteiger partial charge on any atom is 0.257 e. The standard InChI is InChI=1S/C20H18BrClN4OS/c21-15-6-4-14(5-7-15)19(27)25-20-24-16(12-28-20)17-2-1-9-26(17)11-13-3-8-18(22)23-10-13/h3-8,10,12,17H,1-2,9,11H2,(H,24,25,27). The summed E-state index contributed by atoms with van der Waals surface area (Å²) in [5.41, 5.74) is 2.75. The van der Waals surface area contributed by atoms with Gasteiger partial charge in [-0.2, -0.15) is 0 Å². The Balaban J connectivity index is 1.43. The predicted molar refractivity (Wildman–Crippen MR) is 116 cm³/mol. The molecule has 5 nitrogen and oxygen atoms in total. The molecule has 0 bridgehead atoms. The minimum absolute atomic E-state index is 0.149. The van der Waals surface area contributed by atoms with E-state index in [1.165, 1.54) is 11.3 Å². The molecule has 1 unspecified atom stereocenters. The fraction of sp³-hybridized carbons (Fsp3) is 0.250. The van der Waals surface area contributed by atoms with Gasteiger partial charge in [-0.15, -0.1) is 11.3 Å². The Morgan fingerprint density at radius 1 is 1.29 bits per heavy atom. The van der Waals surface area contributed by atoms with Crippen LogP contribution in [0.2, 0.25) is 5.15 Å². The number of hydrogen-bond acceptors (Lipinski definition) is 5. The molecule has 0 aliphatic carbocycles. The normalized spacial score (nSPS) is 17.0. The van der Waals surface area contributed by atoms with Gasteiger partial charge in [0.05, 0.1) is 11.7 Å². The van der Waals surface area contributed by atoms with Gasteiger partial charge in [-0.05, 0) is 55.3 Å². The van der Waals surface area contributed by atoms with E-state index in [0.29, 0.717) is 15.8 Å². The molecule has 1 N–H and O–H groups in total. The summed E-state index contributed by atoms with van der Waals surface area (Å²) >= 11 is 10.7. The molecule has 1 aliphatic heterocycles. The Morgan fingerprint density at radius 3 is 2.86 bits per heavy atom. The van der Waals surface area contributed by atoms with Crippen molar-refractivity contribution in [2.45, 2.75) is 25.4 Å². The van der Waals surface area contributed by atoms with Crippen molar-refractivity contribution in [2.24, 2.45) is 0 Å². The van der Waals surface area contributed by atoms with Crippen LogP contribution in [0, 0.1) is 0 Å². The third-order valence-electron chi connectivity index (χ3n) is 4.73. The number of benzene rings is 1. The van der Waals surface area contributed by atoms with Gasteiger partial charge >= 0.3 is 0 Å². The van der Waals surface area contributed by atoms with Crippen molar-refractivity contribution >= 4 is 49.9 Å². The summed E-state index contributed by atoms with van der Waals surface area (Å²) in [5.74, 6) is -0.149. The van der Waals surface area contributed by atoms with Crippen LogP contribution in [-0.4, -0.2) is 27.3 Å². The van der Waals surface area contributed by atoms with E-state index in [4.69, 9.17) is 11.6 Å². The molecule has 3 aromatic rings. The van der Waals surface area contributed by atoms with Crippen LogP contribution in [-0.2, 0) is 6.54 Å². The van der Waals surface area contributed by atoms with Gasteiger partial charge in [-0.1, -0.05) is 33.6 Å². The zero-order valence-electron chi connectivity index (χ0n) is 14.9. The lowest BCUT2D eigenvalue weighted by molar-refractivity contribution is 0.102. The van der Waals surface area contributed by atoms with Crippen LogP contribution < -0.4 is 5.32 Å². The fourth-order valence-corrected chi connectivity index (χ4v) is 4.48. The van der Waals surface area contributed by atoms with E-state index < -0.39 is 0 Å². The molecule has 4 rings (SSSR count). The average Bonchev–Trinajstić information content (AvgIpc) is 3.33. The lowest BCUT2D eigenvalue weighted by atomic mass is 10.1. The SMILES string of the molecule is O=C(Nc1nc(C2CCCN2Cc2ccc(Cl)nc2)cs1)c1ccc(Br)cc1. The Hall–Kier alpha value is -1.80. The van der Waals surface area contributed by atoms with Crippen molar-refractivity contribution in [3.05, 3.63) is 74.4 Å². The highest BCUT2D eigenvalue weighted by Crippen LogP contribution is 2.34. The number of pyridine rings is 1. The molecular formula is C20H18BrClN4OS. The van der Waals surface area contributed by atoms with Gasteiger partial charge in [0, 0.05) is 28.2 Å². The molecular weight excluding hydrogens is 460 g/mol. The average molecular weight is 478 g/mol. The number of nitrogens with zero attached hydrogens (tertiary/aromatic N) is 3. The van der Waals surface area contributed by atoms with Crippen LogP contribution in [0.3, 0.4) is 0 Å². The number of nitrogens with one attached hydrogen (secondary N) is 1. The summed E-state index contributed by atoms with van der Waals surface area (Å²) in [7, 11) is 0. The molecule has 0 spiro atoms. The maximum atomic E-state index is 12.4. The van der Waals surface area contributed by atoms with Gasteiger partial charge in [-0.3, -0.25) is 15.0 Å². The summed E-state index contributed by atoms with van der Waals surface area (Å²) < 4.78 is 0.942. The lowest BCUT2D eigenvalue weighted by Gasteiger charge is -2.22. The van der Waals surface area contributed by atoms with Gasteiger partial charge in [0.1, 0.15) is 5.15 Å². The zero-order valence-corrected chi connectivity index (χ0v) is 18.1. The summed E-state index contributed by atoms with van der Waals surface area (Å²) in [6, 6.07) is 11.4. The quantitative estimate of drug-likeness (QED) is 0.490. The molecule has 144 valence electrons. The lowest BCUT2D eigenvalue weighted by Crippen LogP contribution is -2.23. The largest absolute Gasteiger partial charge is 0.298 e. The summed E-state index contributed by atoms with van der Waals surface area (Å²) in [4.78, 5) is 23.6. The first-order valence-electron chi connectivity index (χ1n) is 8.95.